The Morgan fingerprint density at radius 3 is 2.81 bits per heavy atom. The number of carbonyl (C=O) groups is 1. The lowest BCUT2D eigenvalue weighted by Gasteiger charge is -2.47. The van der Waals surface area contributed by atoms with Gasteiger partial charge in [0, 0.05) is 50.8 Å². The van der Waals surface area contributed by atoms with Crippen LogP contribution >= 0.6 is 11.5 Å². The molecule has 2 aliphatic rings. The molecule has 140 valence electrons. The van der Waals surface area contributed by atoms with E-state index in [1.807, 2.05) is 34.8 Å². The van der Waals surface area contributed by atoms with Gasteiger partial charge in [-0.25, -0.2) is 4.98 Å². The maximum Gasteiger partial charge on any atom is 0.270 e. The summed E-state index contributed by atoms with van der Waals surface area (Å²) in [5.41, 5.74) is 0.508. The number of hydrogen-bond donors (Lipinski definition) is 0. The zero-order valence-corrected chi connectivity index (χ0v) is 16.2. The summed E-state index contributed by atoms with van der Waals surface area (Å²) in [5.74, 6) is 1.01. The van der Waals surface area contributed by atoms with Gasteiger partial charge in [0.25, 0.3) is 5.91 Å². The lowest BCUT2D eigenvalue weighted by molar-refractivity contribution is -0.111. The Morgan fingerprint density at radius 2 is 2.15 bits per heavy atom. The third kappa shape index (κ3) is 3.23. The Morgan fingerprint density at radius 1 is 1.35 bits per heavy atom. The SMILES string of the molecule is CCc1nsc(N2CCC3(CC2)CN(C(=O)c2cccn2C)CCO3)n1. The molecule has 0 aliphatic carbocycles. The molecule has 2 aromatic rings. The van der Waals surface area contributed by atoms with Gasteiger partial charge >= 0.3 is 0 Å². The molecule has 2 saturated heterocycles. The molecule has 8 heteroatoms. The summed E-state index contributed by atoms with van der Waals surface area (Å²) in [7, 11) is 1.91. The van der Waals surface area contributed by atoms with Gasteiger partial charge in [0.05, 0.1) is 18.8 Å². The summed E-state index contributed by atoms with van der Waals surface area (Å²) < 4.78 is 12.5. The summed E-state index contributed by atoms with van der Waals surface area (Å²) in [5, 5.41) is 1.00. The van der Waals surface area contributed by atoms with Crippen molar-refractivity contribution < 1.29 is 9.53 Å². The second-order valence-electron chi connectivity index (χ2n) is 7.10. The third-order valence-corrected chi connectivity index (χ3v) is 6.23. The van der Waals surface area contributed by atoms with E-state index < -0.39 is 0 Å². The molecule has 0 saturated carbocycles. The van der Waals surface area contributed by atoms with Crippen LogP contribution in [0, 0.1) is 0 Å². The second kappa shape index (κ2) is 7.00. The summed E-state index contributed by atoms with van der Waals surface area (Å²) in [6.07, 6.45) is 4.60. The Balaban J connectivity index is 1.41. The molecule has 2 aliphatic heterocycles. The molecule has 0 unspecified atom stereocenters. The number of amides is 1. The number of aromatic nitrogens is 3. The van der Waals surface area contributed by atoms with E-state index in [4.69, 9.17) is 4.74 Å². The lowest BCUT2D eigenvalue weighted by atomic mass is 9.89. The number of piperidine rings is 1. The van der Waals surface area contributed by atoms with Gasteiger partial charge in [-0.2, -0.15) is 4.37 Å². The van der Waals surface area contributed by atoms with Crippen molar-refractivity contribution >= 4 is 22.6 Å². The van der Waals surface area contributed by atoms with Crippen LogP contribution < -0.4 is 4.90 Å². The molecule has 0 bridgehead atoms. The van der Waals surface area contributed by atoms with Crippen LogP contribution in [0.5, 0.6) is 0 Å². The van der Waals surface area contributed by atoms with Gasteiger partial charge in [-0.15, -0.1) is 0 Å². The highest BCUT2D eigenvalue weighted by Gasteiger charge is 2.41. The molecular formula is C18H25N5O2S. The minimum atomic E-state index is -0.228. The molecular weight excluding hydrogens is 350 g/mol. The molecule has 7 nitrogen and oxygen atoms in total. The van der Waals surface area contributed by atoms with E-state index in [2.05, 4.69) is 21.2 Å². The molecule has 0 atom stereocenters. The van der Waals surface area contributed by atoms with E-state index in [0.717, 1.165) is 49.0 Å². The summed E-state index contributed by atoms with van der Waals surface area (Å²) in [6.45, 7) is 5.79. The van der Waals surface area contributed by atoms with Crippen molar-refractivity contribution in [1.82, 2.24) is 18.8 Å². The quantitative estimate of drug-likeness (QED) is 0.821. The fourth-order valence-corrected chi connectivity index (χ4v) is 4.59. The number of rotatable bonds is 3. The number of anilines is 1. The van der Waals surface area contributed by atoms with Gasteiger partial charge in [0.1, 0.15) is 11.5 Å². The van der Waals surface area contributed by atoms with E-state index >= 15 is 0 Å². The Kier molecular flexibility index (Phi) is 4.71. The van der Waals surface area contributed by atoms with E-state index in [9.17, 15) is 4.79 Å². The van der Waals surface area contributed by atoms with Gasteiger partial charge in [0.15, 0.2) is 0 Å². The lowest BCUT2D eigenvalue weighted by Crippen LogP contribution is -2.58. The molecule has 1 spiro atoms. The largest absolute Gasteiger partial charge is 0.371 e. The average molecular weight is 375 g/mol. The molecule has 0 aromatic carbocycles. The number of carbonyl (C=O) groups excluding carboxylic acids is 1. The summed E-state index contributed by atoms with van der Waals surface area (Å²) in [6, 6.07) is 3.79. The summed E-state index contributed by atoms with van der Waals surface area (Å²) >= 11 is 1.48. The number of ether oxygens (including phenoxy) is 1. The van der Waals surface area contributed by atoms with Crippen molar-refractivity contribution in [2.24, 2.45) is 7.05 Å². The van der Waals surface area contributed by atoms with E-state index in [1.165, 1.54) is 11.5 Å². The van der Waals surface area contributed by atoms with E-state index in [1.54, 1.807) is 0 Å². The van der Waals surface area contributed by atoms with Crippen molar-refractivity contribution in [3.8, 4) is 0 Å². The first kappa shape index (κ1) is 17.5. The topological polar surface area (TPSA) is 63.5 Å². The Labute approximate surface area is 157 Å². The number of morpholine rings is 1. The predicted octanol–water partition coefficient (Wildman–Crippen LogP) is 1.95. The van der Waals surface area contributed by atoms with Gasteiger partial charge in [-0.3, -0.25) is 4.79 Å². The van der Waals surface area contributed by atoms with Crippen LogP contribution in [0.15, 0.2) is 18.3 Å². The normalized spacial score (nSPS) is 19.9. The van der Waals surface area contributed by atoms with E-state index in [-0.39, 0.29) is 11.5 Å². The molecule has 4 heterocycles. The van der Waals surface area contributed by atoms with Crippen LogP contribution in [0.2, 0.25) is 0 Å². The third-order valence-electron chi connectivity index (χ3n) is 5.42. The Bertz CT molecular complexity index is 778. The fraction of sp³-hybridized carbons (Fsp3) is 0.611. The van der Waals surface area contributed by atoms with Gasteiger partial charge < -0.3 is 19.1 Å². The van der Waals surface area contributed by atoms with Crippen LogP contribution in [-0.4, -0.2) is 63.1 Å². The van der Waals surface area contributed by atoms with Crippen molar-refractivity contribution in [3.05, 3.63) is 29.8 Å². The molecule has 2 fully saturated rings. The van der Waals surface area contributed by atoms with Crippen LogP contribution in [0.4, 0.5) is 5.13 Å². The zero-order chi connectivity index (χ0) is 18.1. The maximum absolute atomic E-state index is 12.9. The monoisotopic (exact) mass is 375 g/mol. The fourth-order valence-electron chi connectivity index (χ4n) is 3.79. The highest BCUT2D eigenvalue weighted by molar-refractivity contribution is 7.09. The number of nitrogens with zero attached hydrogens (tertiary/aromatic N) is 5. The van der Waals surface area contributed by atoms with E-state index in [0.29, 0.717) is 19.7 Å². The van der Waals surface area contributed by atoms with Crippen LogP contribution in [-0.2, 0) is 18.2 Å². The Hall–Kier alpha value is -1.93. The predicted molar refractivity (Wildman–Crippen MR) is 101 cm³/mol. The highest BCUT2D eigenvalue weighted by Crippen LogP contribution is 2.33. The summed E-state index contributed by atoms with van der Waals surface area (Å²) in [4.78, 5) is 21.7. The van der Waals surface area contributed by atoms with Crippen LogP contribution in [0.3, 0.4) is 0 Å². The molecule has 2 aromatic heterocycles. The zero-order valence-electron chi connectivity index (χ0n) is 15.3. The smallest absolute Gasteiger partial charge is 0.270 e. The number of aryl methyl sites for hydroxylation is 2. The second-order valence-corrected chi connectivity index (χ2v) is 7.83. The molecule has 0 radical (unpaired) electrons. The van der Waals surface area contributed by atoms with Gasteiger partial charge in [-0.1, -0.05) is 6.92 Å². The highest BCUT2D eigenvalue weighted by atomic mass is 32.1. The first-order valence-corrected chi connectivity index (χ1v) is 10.00. The first-order chi connectivity index (χ1) is 12.6. The van der Waals surface area contributed by atoms with Gasteiger partial charge in [0.2, 0.25) is 5.13 Å². The number of hydrogen-bond acceptors (Lipinski definition) is 6. The standard InChI is InChI=1S/C18H25N5O2S/c1-3-15-19-17(26-20-15)22-9-6-18(7-10-22)13-23(11-12-25-18)16(24)14-5-4-8-21(14)2/h4-5,8H,3,6-7,9-13H2,1-2H3. The van der Waals surface area contributed by atoms with Crippen molar-refractivity contribution in [1.29, 1.82) is 0 Å². The average Bonchev–Trinajstić information content (AvgIpc) is 3.31. The minimum Gasteiger partial charge on any atom is -0.371 e. The molecule has 1 amide bonds. The van der Waals surface area contributed by atoms with Crippen LogP contribution in [0.1, 0.15) is 36.1 Å². The van der Waals surface area contributed by atoms with Crippen molar-refractivity contribution in [3.63, 3.8) is 0 Å². The molecule has 0 N–H and O–H groups in total. The maximum atomic E-state index is 12.9. The minimum absolute atomic E-state index is 0.0966. The van der Waals surface area contributed by atoms with Gasteiger partial charge in [-0.05, 0) is 25.0 Å². The van der Waals surface area contributed by atoms with Crippen LogP contribution in [0.25, 0.3) is 0 Å². The van der Waals surface area contributed by atoms with Crippen molar-refractivity contribution in [2.45, 2.75) is 31.8 Å². The first-order valence-electron chi connectivity index (χ1n) is 9.22. The molecule has 4 rings (SSSR count). The van der Waals surface area contributed by atoms with Crippen molar-refractivity contribution in [2.75, 3.05) is 37.7 Å². The molecule has 26 heavy (non-hydrogen) atoms.